The Bertz CT molecular complexity index is 637. The van der Waals surface area contributed by atoms with Crippen LogP contribution < -0.4 is 5.32 Å². The van der Waals surface area contributed by atoms with E-state index in [0.29, 0.717) is 12.6 Å². The Morgan fingerprint density at radius 1 is 1.11 bits per heavy atom. The molecule has 0 aromatic heterocycles. The van der Waals surface area contributed by atoms with Gasteiger partial charge in [-0.25, -0.2) is 4.79 Å². The highest BCUT2D eigenvalue weighted by Crippen LogP contribution is 2.32. The Labute approximate surface area is 162 Å². The minimum atomic E-state index is -0.172. The van der Waals surface area contributed by atoms with Crippen molar-refractivity contribution in [1.29, 1.82) is 0 Å². The zero-order valence-electron chi connectivity index (χ0n) is 16.4. The number of carbonyl (C=O) groups is 1. The van der Waals surface area contributed by atoms with Gasteiger partial charge in [0.2, 0.25) is 0 Å². The van der Waals surface area contributed by atoms with Gasteiger partial charge in [0.25, 0.3) is 0 Å². The van der Waals surface area contributed by atoms with Crippen LogP contribution in [-0.4, -0.2) is 79.2 Å². The maximum absolute atomic E-state index is 12.6. The minimum absolute atomic E-state index is 0.170. The third-order valence-corrected chi connectivity index (χ3v) is 6.21. The van der Waals surface area contributed by atoms with Crippen LogP contribution in [0.4, 0.5) is 10.5 Å². The van der Waals surface area contributed by atoms with Crippen molar-refractivity contribution in [3.8, 4) is 0 Å². The molecule has 1 N–H and O–H groups in total. The zero-order chi connectivity index (χ0) is 18.6. The highest BCUT2D eigenvalue weighted by molar-refractivity contribution is 5.69. The zero-order valence-corrected chi connectivity index (χ0v) is 16.4. The van der Waals surface area contributed by atoms with Gasteiger partial charge in [0.15, 0.2) is 0 Å². The molecule has 2 saturated heterocycles. The standard InChI is InChI=1S/C21H32N4O2/c1-2-9-23-10-7-17(8-11-23)24-12-14-25(15-13-24)21(26)27-20-16-22-19-6-4-3-5-18(19)20/h3-6,17,20,22H,2,7-16H2,1H3. The van der Waals surface area contributed by atoms with Crippen LogP contribution in [0.5, 0.6) is 0 Å². The Morgan fingerprint density at radius 3 is 2.59 bits per heavy atom. The fourth-order valence-corrected chi connectivity index (χ4v) is 4.65. The first-order chi connectivity index (χ1) is 13.2. The molecule has 1 aromatic carbocycles. The molecule has 3 aliphatic heterocycles. The van der Waals surface area contributed by atoms with E-state index in [1.54, 1.807) is 0 Å². The molecule has 0 radical (unpaired) electrons. The molecule has 1 aromatic rings. The van der Waals surface area contributed by atoms with Crippen LogP contribution in [0.2, 0.25) is 0 Å². The van der Waals surface area contributed by atoms with E-state index in [1.165, 1.54) is 38.9 Å². The summed E-state index contributed by atoms with van der Waals surface area (Å²) in [6.45, 7) is 10.1. The molecule has 3 heterocycles. The van der Waals surface area contributed by atoms with Crippen LogP contribution in [0, 0.1) is 0 Å². The van der Waals surface area contributed by atoms with Crippen LogP contribution in [0.15, 0.2) is 24.3 Å². The Hall–Kier alpha value is -1.79. The van der Waals surface area contributed by atoms with E-state index < -0.39 is 0 Å². The van der Waals surface area contributed by atoms with Crippen LogP contribution in [0.1, 0.15) is 37.9 Å². The fraction of sp³-hybridized carbons (Fsp3) is 0.667. The first kappa shape index (κ1) is 18.6. The van der Waals surface area contributed by atoms with Crippen LogP contribution in [-0.2, 0) is 4.74 Å². The predicted molar refractivity (Wildman–Crippen MR) is 107 cm³/mol. The summed E-state index contributed by atoms with van der Waals surface area (Å²) < 4.78 is 5.80. The summed E-state index contributed by atoms with van der Waals surface area (Å²) in [5, 5.41) is 3.31. The maximum Gasteiger partial charge on any atom is 0.410 e. The summed E-state index contributed by atoms with van der Waals surface area (Å²) in [7, 11) is 0. The molecule has 1 atom stereocenters. The monoisotopic (exact) mass is 372 g/mol. The topological polar surface area (TPSA) is 48.0 Å². The summed E-state index contributed by atoms with van der Waals surface area (Å²) in [6, 6.07) is 8.76. The molecule has 0 bridgehead atoms. The molecule has 4 rings (SSSR count). The number of rotatable bonds is 4. The number of piperazine rings is 1. The number of fused-ring (bicyclic) bond motifs is 1. The molecule has 3 aliphatic rings. The molecule has 148 valence electrons. The number of carbonyl (C=O) groups excluding carboxylic acids is 1. The summed E-state index contributed by atoms with van der Waals surface area (Å²) in [5.74, 6) is 0. The summed E-state index contributed by atoms with van der Waals surface area (Å²) in [5.41, 5.74) is 2.16. The number of anilines is 1. The number of para-hydroxylation sites is 1. The summed E-state index contributed by atoms with van der Waals surface area (Å²) >= 11 is 0. The minimum Gasteiger partial charge on any atom is -0.439 e. The number of nitrogens with one attached hydrogen (secondary N) is 1. The third-order valence-electron chi connectivity index (χ3n) is 6.21. The van der Waals surface area contributed by atoms with E-state index in [4.69, 9.17) is 4.74 Å². The lowest BCUT2D eigenvalue weighted by molar-refractivity contribution is 0.0325. The second-order valence-electron chi connectivity index (χ2n) is 7.94. The molecule has 0 saturated carbocycles. The first-order valence-corrected chi connectivity index (χ1v) is 10.5. The third kappa shape index (κ3) is 4.22. The first-order valence-electron chi connectivity index (χ1n) is 10.5. The van der Waals surface area contributed by atoms with Crippen molar-refractivity contribution in [1.82, 2.24) is 14.7 Å². The SMILES string of the molecule is CCCN1CCC(N2CCN(C(=O)OC3CNc4ccccc43)CC2)CC1. The largest absolute Gasteiger partial charge is 0.439 e. The Balaban J connectivity index is 1.23. The van der Waals surface area contributed by atoms with Crippen LogP contribution >= 0.6 is 0 Å². The van der Waals surface area contributed by atoms with Crippen LogP contribution in [0.3, 0.4) is 0 Å². The normalized spacial score (nSPS) is 24.5. The van der Waals surface area contributed by atoms with Gasteiger partial charge in [-0.3, -0.25) is 4.90 Å². The number of benzene rings is 1. The molecule has 1 amide bonds. The Morgan fingerprint density at radius 2 is 1.85 bits per heavy atom. The smallest absolute Gasteiger partial charge is 0.410 e. The van der Waals surface area contributed by atoms with E-state index in [1.807, 2.05) is 29.2 Å². The maximum atomic E-state index is 12.6. The highest BCUT2D eigenvalue weighted by Gasteiger charge is 2.31. The molecule has 6 heteroatoms. The number of amides is 1. The second-order valence-corrected chi connectivity index (χ2v) is 7.94. The lowest BCUT2D eigenvalue weighted by atomic mass is 10.0. The van der Waals surface area contributed by atoms with E-state index in [0.717, 1.165) is 37.4 Å². The lowest BCUT2D eigenvalue weighted by Crippen LogP contribution is -2.54. The lowest BCUT2D eigenvalue weighted by Gasteiger charge is -2.42. The van der Waals surface area contributed by atoms with Crippen molar-refractivity contribution in [2.75, 3.05) is 57.7 Å². The van der Waals surface area contributed by atoms with Gasteiger partial charge in [0, 0.05) is 43.5 Å². The number of hydrogen-bond acceptors (Lipinski definition) is 5. The molecule has 27 heavy (non-hydrogen) atoms. The van der Waals surface area contributed by atoms with Gasteiger partial charge in [-0.05, 0) is 45.0 Å². The van der Waals surface area contributed by atoms with Crippen molar-refractivity contribution >= 4 is 11.8 Å². The molecular weight excluding hydrogens is 340 g/mol. The summed E-state index contributed by atoms with van der Waals surface area (Å²) in [6.07, 6.45) is 3.42. The quantitative estimate of drug-likeness (QED) is 0.881. The highest BCUT2D eigenvalue weighted by atomic mass is 16.6. The van der Waals surface area contributed by atoms with Gasteiger partial charge in [-0.1, -0.05) is 25.1 Å². The van der Waals surface area contributed by atoms with Crippen molar-refractivity contribution in [3.05, 3.63) is 29.8 Å². The van der Waals surface area contributed by atoms with Gasteiger partial charge in [0.1, 0.15) is 6.10 Å². The fourth-order valence-electron chi connectivity index (χ4n) is 4.65. The van der Waals surface area contributed by atoms with Gasteiger partial charge in [-0.15, -0.1) is 0 Å². The molecule has 6 nitrogen and oxygen atoms in total. The Kier molecular flexibility index (Phi) is 5.83. The van der Waals surface area contributed by atoms with Gasteiger partial charge >= 0.3 is 6.09 Å². The molecule has 0 aliphatic carbocycles. The van der Waals surface area contributed by atoms with E-state index >= 15 is 0 Å². The second kappa shape index (κ2) is 8.48. The van der Waals surface area contributed by atoms with Crippen molar-refractivity contribution in [2.45, 2.75) is 38.3 Å². The number of ether oxygens (including phenoxy) is 1. The molecule has 1 unspecified atom stereocenters. The van der Waals surface area contributed by atoms with Crippen molar-refractivity contribution in [3.63, 3.8) is 0 Å². The summed E-state index contributed by atoms with van der Waals surface area (Å²) in [4.78, 5) is 19.7. The molecule has 2 fully saturated rings. The predicted octanol–water partition coefficient (Wildman–Crippen LogP) is 2.78. The van der Waals surface area contributed by atoms with Gasteiger partial charge in [0.05, 0.1) is 6.54 Å². The van der Waals surface area contributed by atoms with Crippen molar-refractivity contribution < 1.29 is 9.53 Å². The van der Waals surface area contributed by atoms with E-state index in [9.17, 15) is 4.79 Å². The van der Waals surface area contributed by atoms with Gasteiger partial charge < -0.3 is 19.9 Å². The molecule has 0 spiro atoms. The van der Waals surface area contributed by atoms with E-state index in [-0.39, 0.29) is 12.2 Å². The number of hydrogen-bond donors (Lipinski definition) is 1. The number of piperidine rings is 1. The molecular formula is C21H32N4O2. The van der Waals surface area contributed by atoms with Crippen LogP contribution in [0.25, 0.3) is 0 Å². The number of nitrogens with zero attached hydrogens (tertiary/aromatic N) is 3. The van der Waals surface area contributed by atoms with Gasteiger partial charge in [-0.2, -0.15) is 0 Å². The number of likely N-dealkylation sites (tertiary alicyclic amines) is 1. The van der Waals surface area contributed by atoms with Crippen molar-refractivity contribution in [2.24, 2.45) is 0 Å². The average Bonchev–Trinajstić information content (AvgIpc) is 3.12. The average molecular weight is 373 g/mol. The van der Waals surface area contributed by atoms with E-state index in [2.05, 4.69) is 22.0 Å².